The lowest BCUT2D eigenvalue weighted by atomic mass is 10.2. The summed E-state index contributed by atoms with van der Waals surface area (Å²) < 4.78 is 5.16. The molecule has 0 amide bonds. The van der Waals surface area contributed by atoms with E-state index in [1.54, 1.807) is 25.6 Å². The van der Waals surface area contributed by atoms with E-state index >= 15 is 0 Å². The molecule has 0 saturated carbocycles. The summed E-state index contributed by atoms with van der Waals surface area (Å²) in [7, 11) is 1.61. The average Bonchev–Trinajstić information content (AvgIpc) is 3.09. The monoisotopic (exact) mass is 334 g/mol. The van der Waals surface area contributed by atoms with Crippen molar-refractivity contribution in [2.45, 2.75) is 0 Å². The summed E-state index contributed by atoms with van der Waals surface area (Å²) in [5.41, 5.74) is 2.31. The molecular weight excluding hydrogens is 320 g/mol. The molecule has 0 saturated heterocycles. The standard InChI is InChI=1S/C18H14N4O3/c1-25-11-4-2-10(3-5-11)20-17-13-8-14(18(23)24)21-16(13)12-6-7-19-9-15(12)22-17/h2-9,21H,1H3,(H,20,22)(H,23,24). The SMILES string of the molecule is COc1ccc(Nc2nc3cnccc3c3[nH]c(C(=O)O)cc23)cc1. The summed E-state index contributed by atoms with van der Waals surface area (Å²) in [5.74, 6) is 0.291. The average molecular weight is 334 g/mol. The molecule has 124 valence electrons. The Hall–Kier alpha value is -3.61. The van der Waals surface area contributed by atoms with Crippen molar-refractivity contribution in [2.24, 2.45) is 0 Å². The van der Waals surface area contributed by atoms with Crippen LogP contribution in [0.5, 0.6) is 5.75 Å². The fourth-order valence-electron chi connectivity index (χ4n) is 2.74. The van der Waals surface area contributed by atoms with Crippen molar-refractivity contribution in [3.05, 3.63) is 54.5 Å². The van der Waals surface area contributed by atoms with Crippen LogP contribution < -0.4 is 10.1 Å². The third kappa shape index (κ3) is 2.61. The molecule has 3 heterocycles. The van der Waals surface area contributed by atoms with Gasteiger partial charge in [-0.05, 0) is 36.4 Å². The molecule has 0 radical (unpaired) electrons. The molecule has 3 aromatic heterocycles. The van der Waals surface area contributed by atoms with Gasteiger partial charge in [-0.1, -0.05) is 0 Å². The van der Waals surface area contributed by atoms with E-state index in [0.29, 0.717) is 22.2 Å². The number of fused-ring (bicyclic) bond motifs is 3. The van der Waals surface area contributed by atoms with Gasteiger partial charge < -0.3 is 20.1 Å². The van der Waals surface area contributed by atoms with Gasteiger partial charge in [-0.2, -0.15) is 0 Å². The fraction of sp³-hybridized carbons (Fsp3) is 0.0556. The molecule has 3 N–H and O–H groups in total. The second kappa shape index (κ2) is 5.79. The predicted octanol–water partition coefficient (Wildman–Crippen LogP) is 3.56. The lowest BCUT2D eigenvalue weighted by molar-refractivity contribution is 0.0691. The number of aromatic amines is 1. The van der Waals surface area contributed by atoms with Crippen LogP contribution in [0.15, 0.2) is 48.8 Å². The largest absolute Gasteiger partial charge is 0.497 e. The van der Waals surface area contributed by atoms with Gasteiger partial charge in [-0.25, -0.2) is 9.78 Å². The minimum Gasteiger partial charge on any atom is -0.497 e. The highest BCUT2D eigenvalue weighted by atomic mass is 16.5. The Morgan fingerprint density at radius 2 is 2.00 bits per heavy atom. The topological polar surface area (TPSA) is 100 Å². The molecule has 0 atom stereocenters. The summed E-state index contributed by atoms with van der Waals surface area (Å²) in [6.07, 6.45) is 3.30. The second-order valence-corrected chi connectivity index (χ2v) is 5.48. The maximum Gasteiger partial charge on any atom is 0.352 e. The highest BCUT2D eigenvalue weighted by molar-refractivity contribution is 6.11. The Balaban J connectivity index is 1.89. The Morgan fingerprint density at radius 1 is 1.20 bits per heavy atom. The smallest absolute Gasteiger partial charge is 0.352 e. The maximum absolute atomic E-state index is 11.3. The first-order valence-electron chi connectivity index (χ1n) is 7.56. The van der Waals surface area contributed by atoms with Gasteiger partial charge in [0.1, 0.15) is 17.3 Å². The molecule has 7 heteroatoms. The van der Waals surface area contributed by atoms with E-state index in [2.05, 4.69) is 20.3 Å². The molecule has 0 bridgehead atoms. The van der Waals surface area contributed by atoms with Crippen LogP contribution in [0.25, 0.3) is 21.8 Å². The number of benzene rings is 1. The molecule has 0 aliphatic carbocycles. The van der Waals surface area contributed by atoms with Crippen molar-refractivity contribution >= 4 is 39.3 Å². The number of aromatic carboxylic acids is 1. The van der Waals surface area contributed by atoms with Crippen molar-refractivity contribution in [1.29, 1.82) is 0 Å². The Morgan fingerprint density at radius 3 is 2.72 bits per heavy atom. The van der Waals surface area contributed by atoms with E-state index in [1.807, 2.05) is 30.3 Å². The molecule has 0 spiro atoms. The number of rotatable bonds is 4. The number of carboxylic acid groups (broad SMARTS) is 1. The number of methoxy groups -OCH3 is 1. The summed E-state index contributed by atoms with van der Waals surface area (Å²) in [5, 5.41) is 14.1. The molecule has 1 aromatic carbocycles. The number of hydrogen-bond acceptors (Lipinski definition) is 5. The highest BCUT2D eigenvalue weighted by Crippen LogP contribution is 2.31. The number of ether oxygens (including phenoxy) is 1. The molecule has 0 fully saturated rings. The van der Waals surface area contributed by atoms with Crippen LogP contribution in [-0.4, -0.2) is 33.1 Å². The van der Waals surface area contributed by atoms with E-state index in [1.165, 1.54) is 0 Å². The third-order valence-corrected chi connectivity index (χ3v) is 3.96. The third-order valence-electron chi connectivity index (χ3n) is 3.96. The van der Waals surface area contributed by atoms with E-state index < -0.39 is 5.97 Å². The van der Waals surface area contributed by atoms with Crippen LogP contribution in [0.4, 0.5) is 11.5 Å². The van der Waals surface area contributed by atoms with Gasteiger partial charge in [0.05, 0.1) is 24.3 Å². The molecule has 7 nitrogen and oxygen atoms in total. The van der Waals surface area contributed by atoms with Crippen molar-refractivity contribution < 1.29 is 14.6 Å². The minimum atomic E-state index is -1.02. The zero-order valence-corrected chi connectivity index (χ0v) is 13.3. The number of pyridine rings is 2. The van der Waals surface area contributed by atoms with Crippen LogP contribution >= 0.6 is 0 Å². The molecular formula is C18H14N4O3. The van der Waals surface area contributed by atoms with Gasteiger partial charge in [0.25, 0.3) is 0 Å². The zero-order valence-electron chi connectivity index (χ0n) is 13.3. The summed E-state index contributed by atoms with van der Waals surface area (Å²) in [4.78, 5) is 23.0. The van der Waals surface area contributed by atoms with Gasteiger partial charge in [0.15, 0.2) is 0 Å². The number of anilines is 2. The second-order valence-electron chi connectivity index (χ2n) is 5.48. The lowest BCUT2D eigenvalue weighted by Gasteiger charge is -2.09. The lowest BCUT2D eigenvalue weighted by Crippen LogP contribution is -1.95. The van der Waals surface area contributed by atoms with Crippen molar-refractivity contribution in [1.82, 2.24) is 15.0 Å². The summed E-state index contributed by atoms with van der Waals surface area (Å²) in [6.45, 7) is 0. The number of hydrogen-bond donors (Lipinski definition) is 3. The Bertz CT molecular complexity index is 1090. The van der Waals surface area contributed by atoms with E-state index in [4.69, 9.17) is 4.74 Å². The maximum atomic E-state index is 11.3. The number of aromatic nitrogens is 3. The summed E-state index contributed by atoms with van der Waals surface area (Å²) >= 11 is 0. The van der Waals surface area contributed by atoms with E-state index in [-0.39, 0.29) is 5.69 Å². The van der Waals surface area contributed by atoms with Crippen molar-refractivity contribution in [2.75, 3.05) is 12.4 Å². The minimum absolute atomic E-state index is 0.110. The Kier molecular flexibility index (Phi) is 3.46. The van der Waals surface area contributed by atoms with E-state index in [9.17, 15) is 9.90 Å². The van der Waals surface area contributed by atoms with Crippen LogP contribution in [0.3, 0.4) is 0 Å². The summed E-state index contributed by atoms with van der Waals surface area (Å²) in [6, 6.07) is 10.8. The normalized spacial score (nSPS) is 10.9. The van der Waals surface area contributed by atoms with Crippen LogP contribution in [0.2, 0.25) is 0 Å². The number of carbonyl (C=O) groups is 1. The first kappa shape index (κ1) is 14.9. The van der Waals surface area contributed by atoms with Gasteiger partial charge >= 0.3 is 5.97 Å². The fourth-order valence-corrected chi connectivity index (χ4v) is 2.74. The first-order valence-corrected chi connectivity index (χ1v) is 7.56. The Labute approximate surface area is 142 Å². The zero-order chi connectivity index (χ0) is 17.4. The number of nitrogens with one attached hydrogen (secondary N) is 2. The van der Waals surface area contributed by atoms with Crippen LogP contribution in [-0.2, 0) is 0 Å². The molecule has 0 aliphatic heterocycles. The predicted molar refractivity (Wildman–Crippen MR) is 94.6 cm³/mol. The molecule has 4 rings (SSSR count). The van der Waals surface area contributed by atoms with E-state index in [0.717, 1.165) is 16.8 Å². The van der Waals surface area contributed by atoms with Gasteiger partial charge in [0.2, 0.25) is 0 Å². The molecule has 25 heavy (non-hydrogen) atoms. The van der Waals surface area contributed by atoms with Crippen molar-refractivity contribution in [3.8, 4) is 5.75 Å². The number of nitrogens with zero attached hydrogens (tertiary/aromatic N) is 2. The van der Waals surface area contributed by atoms with Crippen LogP contribution in [0, 0.1) is 0 Å². The van der Waals surface area contributed by atoms with Crippen molar-refractivity contribution in [3.63, 3.8) is 0 Å². The first-order chi connectivity index (χ1) is 12.2. The highest BCUT2D eigenvalue weighted by Gasteiger charge is 2.15. The van der Waals surface area contributed by atoms with Gasteiger partial charge in [0, 0.05) is 22.7 Å². The molecule has 0 aliphatic rings. The van der Waals surface area contributed by atoms with Crippen LogP contribution in [0.1, 0.15) is 10.5 Å². The molecule has 4 aromatic rings. The number of carboxylic acids is 1. The molecule has 0 unspecified atom stereocenters. The van der Waals surface area contributed by atoms with Gasteiger partial charge in [-0.15, -0.1) is 0 Å². The van der Waals surface area contributed by atoms with Gasteiger partial charge in [-0.3, -0.25) is 4.98 Å². The number of H-pyrrole nitrogens is 1. The quantitative estimate of drug-likeness (QED) is 0.527.